The Morgan fingerprint density at radius 2 is 1.73 bits per heavy atom. The second-order valence-electron chi connectivity index (χ2n) is 3.53. The van der Waals surface area contributed by atoms with Crippen LogP contribution in [0.2, 0.25) is 0 Å². The molecule has 0 heterocycles. The molecular formula is C8H12BNO4S. The summed E-state index contributed by atoms with van der Waals surface area (Å²) in [6, 6.07) is 6.05. The Hall–Kier alpha value is -0.725. The highest BCUT2D eigenvalue weighted by atomic mass is 32.2. The van der Waals surface area contributed by atoms with Crippen LogP contribution in [0.15, 0.2) is 24.3 Å². The molecule has 0 saturated heterocycles. The second-order valence-corrected chi connectivity index (χ2v) is 4.88. The van der Waals surface area contributed by atoms with E-state index in [9.17, 15) is 8.76 Å². The molecule has 0 fully saturated rings. The molecule has 1 aromatic rings. The van der Waals surface area contributed by atoms with E-state index in [0.717, 1.165) is 0 Å². The van der Waals surface area contributed by atoms with Crippen molar-refractivity contribution >= 4 is 29.5 Å². The van der Waals surface area contributed by atoms with Crippen LogP contribution in [0.1, 0.15) is 0 Å². The number of quaternary nitrogens is 1. The summed E-state index contributed by atoms with van der Waals surface area (Å²) in [6.45, 7) is 0. The zero-order valence-corrected chi connectivity index (χ0v) is 9.27. The molecule has 0 aliphatic carbocycles. The van der Waals surface area contributed by atoms with Crippen molar-refractivity contribution in [1.82, 2.24) is 3.89 Å². The monoisotopic (exact) mass is 229 g/mol. The summed E-state index contributed by atoms with van der Waals surface area (Å²) in [5.41, 5.74) is 0.878. The van der Waals surface area contributed by atoms with Gasteiger partial charge in [-0.3, -0.25) is 0 Å². The molecule has 1 atom stereocenters. The highest BCUT2D eigenvalue weighted by Crippen LogP contribution is 2.18. The minimum Gasteiger partial charge on any atom is -0.724 e. The number of hydrogen-bond acceptors (Lipinski definition) is 4. The van der Waals surface area contributed by atoms with Crippen LogP contribution in [0.4, 0.5) is 5.69 Å². The van der Waals surface area contributed by atoms with Crippen LogP contribution in [-0.2, 0) is 11.3 Å². The Bertz CT molecular complexity index is 365. The van der Waals surface area contributed by atoms with Crippen LogP contribution in [-0.4, -0.2) is 40.0 Å². The van der Waals surface area contributed by atoms with Gasteiger partial charge >= 0.3 is 7.12 Å². The summed E-state index contributed by atoms with van der Waals surface area (Å²) in [4.78, 5) is 0. The van der Waals surface area contributed by atoms with E-state index >= 15 is 0 Å². The fraction of sp³-hybridized carbons (Fsp3) is 0.250. The van der Waals surface area contributed by atoms with Gasteiger partial charge in [0, 0.05) is 0 Å². The van der Waals surface area contributed by atoms with Gasteiger partial charge in [0.05, 0.1) is 14.1 Å². The zero-order chi connectivity index (χ0) is 11.6. The van der Waals surface area contributed by atoms with Gasteiger partial charge in [-0.05, 0) is 17.6 Å². The number of benzene rings is 1. The predicted octanol–water partition coefficient (Wildman–Crippen LogP) is -1.27. The molecule has 0 aliphatic heterocycles. The standard InChI is InChI=1S/C8H12BNO4S/c1-10(2,15(13)14)8-5-3-7(4-6-8)9(11)12/h3-6,11-12H,1-2H3. The van der Waals surface area contributed by atoms with Crippen molar-refractivity contribution in [3.63, 3.8) is 0 Å². The van der Waals surface area contributed by atoms with E-state index in [2.05, 4.69) is 0 Å². The van der Waals surface area contributed by atoms with Crippen LogP contribution >= 0.6 is 0 Å². The topological polar surface area (TPSA) is 80.6 Å². The van der Waals surface area contributed by atoms with Crippen molar-refractivity contribution in [1.29, 1.82) is 0 Å². The Labute approximate surface area is 91.1 Å². The van der Waals surface area contributed by atoms with Crippen LogP contribution in [0.5, 0.6) is 0 Å². The molecule has 2 N–H and O–H groups in total. The van der Waals surface area contributed by atoms with Crippen LogP contribution in [0.3, 0.4) is 0 Å². The molecule has 1 aromatic carbocycles. The molecular weight excluding hydrogens is 217 g/mol. The maximum absolute atomic E-state index is 10.9. The van der Waals surface area contributed by atoms with Crippen molar-refractivity contribution < 1.29 is 18.8 Å². The molecule has 0 radical (unpaired) electrons. The van der Waals surface area contributed by atoms with E-state index in [1.54, 1.807) is 12.1 Å². The summed E-state index contributed by atoms with van der Waals surface area (Å²) >= 11 is -2.28. The SMILES string of the molecule is C[N+](C)(c1ccc(B(O)O)cc1)S(=O)[O-]. The van der Waals surface area contributed by atoms with E-state index in [4.69, 9.17) is 10.0 Å². The maximum Gasteiger partial charge on any atom is 0.488 e. The molecule has 0 aliphatic rings. The first-order valence-corrected chi connectivity index (χ1v) is 5.29. The average molecular weight is 229 g/mol. The molecule has 0 amide bonds. The summed E-state index contributed by atoms with van der Waals surface area (Å²) in [6.07, 6.45) is 0. The summed E-state index contributed by atoms with van der Waals surface area (Å²) in [5.74, 6) is 0. The largest absolute Gasteiger partial charge is 0.724 e. The summed E-state index contributed by atoms with van der Waals surface area (Å²) < 4.78 is 21.5. The van der Waals surface area contributed by atoms with Crippen LogP contribution < -0.4 is 9.35 Å². The van der Waals surface area contributed by atoms with Gasteiger partial charge in [-0.15, -0.1) is 0 Å². The van der Waals surface area contributed by atoms with E-state index in [-0.39, 0.29) is 3.89 Å². The van der Waals surface area contributed by atoms with Crippen LogP contribution in [0, 0.1) is 0 Å². The van der Waals surface area contributed by atoms with Crippen molar-refractivity contribution in [2.75, 3.05) is 14.1 Å². The lowest BCUT2D eigenvalue weighted by atomic mass is 9.80. The molecule has 7 heteroatoms. The van der Waals surface area contributed by atoms with E-state index in [0.29, 0.717) is 11.2 Å². The molecule has 0 aromatic heterocycles. The van der Waals surface area contributed by atoms with Gasteiger partial charge in [0.25, 0.3) is 0 Å². The first-order valence-electron chi connectivity index (χ1n) is 4.26. The molecule has 0 spiro atoms. The van der Waals surface area contributed by atoms with Crippen molar-refractivity contribution in [3.05, 3.63) is 24.3 Å². The number of rotatable bonds is 3. The fourth-order valence-corrected chi connectivity index (χ4v) is 1.39. The third kappa shape index (κ3) is 2.64. The molecule has 15 heavy (non-hydrogen) atoms. The minimum atomic E-state index is -2.28. The summed E-state index contributed by atoms with van der Waals surface area (Å²) in [7, 11) is 1.51. The van der Waals surface area contributed by atoms with Crippen molar-refractivity contribution in [2.24, 2.45) is 0 Å². The fourth-order valence-electron chi connectivity index (χ4n) is 1.09. The minimum absolute atomic E-state index is 0.304. The smallest absolute Gasteiger partial charge is 0.488 e. The van der Waals surface area contributed by atoms with E-state index in [1.807, 2.05) is 0 Å². The highest BCUT2D eigenvalue weighted by Gasteiger charge is 2.21. The molecule has 0 saturated carbocycles. The zero-order valence-electron chi connectivity index (χ0n) is 8.45. The third-order valence-electron chi connectivity index (χ3n) is 2.19. The number of hydrogen-bond donors (Lipinski definition) is 2. The van der Waals surface area contributed by atoms with Crippen LogP contribution in [0.25, 0.3) is 0 Å². The maximum atomic E-state index is 10.9. The Morgan fingerprint density at radius 1 is 1.27 bits per heavy atom. The average Bonchev–Trinajstić information content (AvgIpc) is 2.17. The highest BCUT2D eigenvalue weighted by molar-refractivity contribution is 7.78. The Kier molecular flexibility index (Phi) is 3.64. The lowest BCUT2D eigenvalue weighted by Gasteiger charge is -2.29. The summed E-state index contributed by atoms with van der Waals surface area (Å²) in [5, 5.41) is 17.7. The first kappa shape index (κ1) is 12.3. The molecule has 5 nitrogen and oxygen atoms in total. The lowest BCUT2D eigenvalue weighted by Crippen LogP contribution is -2.42. The molecule has 1 rings (SSSR count). The van der Waals surface area contributed by atoms with Gasteiger partial charge in [-0.1, -0.05) is 12.1 Å². The normalized spacial score (nSPS) is 13.7. The van der Waals surface area contributed by atoms with E-state index < -0.39 is 18.4 Å². The molecule has 82 valence electrons. The first-order chi connectivity index (χ1) is 6.85. The van der Waals surface area contributed by atoms with Gasteiger partial charge in [0.1, 0.15) is 5.69 Å². The Balaban J connectivity index is 3.04. The molecule has 0 bridgehead atoms. The predicted molar refractivity (Wildman–Crippen MR) is 58.8 cm³/mol. The second kappa shape index (κ2) is 4.42. The Morgan fingerprint density at radius 3 is 2.07 bits per heavy atom. The number of nitrogens with zero attached hydrogens (tertiary/aromatic N) is 1. The van der Waals surface area contributed by atoms with Gasteiger partial charge in [0.2, 0.25) is 0 Å². The van der Waals surface area contributed by atoms with Gasteiger partial charge in [-0.25, -0.2) is 8.10 Å². The van der Waals surface area contributed by atoms with E-state index in [1.165, 1.54) is 26.2 Å². The third-order valence-corrected chi connectivity index (χ3v) is 3.14. The van der Waals surface area contributed by atoms with Gasteiger partial charge < -0.3 is 14.6 Å². The lowest BCUT2D eigenvalue weighted by molar-refractivity contribution is 0.426. The van der Waals surface area contributed by atoms with Gasteiger partial charge in [0.15, 0.2) is 11.3 Å². The quantitative estimate of drug-likeness (QED) is 0.384. The van der Waals surface area contributed by atoms with Gasteiger partial charge in [-0.2, -0.15) is 0 Å². The van der Waals surface area contributed by atoms with Crippen molar-refractivity contribution in [3.8, 4) is 0 Å². The van der Waals surface area contributed by atoms with Crippen molar-refractivity contribution in [2.45, 2.75) is 0 Å². The molecule has 1 unspecified atom stereocenters.